The molecular weight excluding hydrogens is 328 g/mol. The number of hydrogen-bond donors (Lipinski definition) is 2. The molecule has 1 aromatic rings. The van der Waals surface area contributed by atoms with Crippen LogP contribution in [-0.4, -0.2) is 31.7 Å². The molecule has 1 atom stereocenters. The Labute approximate surface area is 149 Å². The molecule has 0 aromatic heterocycles. The molecule has 134 valence electrons. The second-order valence-electron chi connectivity index (χ2n) is 6.60. The predicted molar refractivity (Wildman–Crippen MR) is 96.2 cm³/mol. The number of ether oxygens (including phenoxy) is 2. The summed E-state index contributed by atoms with van der Waals surface area (Å²) >= 11 is 0. The average Bonchev–Trinajstić information content (AvgIpc) is 3.30. The molecule has 2 aliphatic carbocycles. The Hall–Kier alpha value is -1.46. The molecule has 0 saturated heterocycles. The minimum atomic E-state index is -0.119. The molecule has 3 N–H and O–H groups in total. The lowest BCUT2D eigenvalue weighted by Gasteiger charge is -2.17. The van der Waals surface area contributed by atoms with Gasteiger partial charge in [-0.25, -0.2) is 0 Å². The second kappa shape index (κ2) is 8.58. The van der Waals surface area contributed by atoms with Gasteiger partial charge in [-0.05, 0) is 62.6 Å². The minimum Gasteiger partial charge on any atom is -0.493 e. The lowest BCUT2D eigenvalue weighted by Crippen LogP contribution is -2.38. The molecule has 1 amide bonds. The first kappa shape index (κ1) is 18.9. The first-order chi connectivity index (χ1) is 11.2. The van der Waals surface area contributed by atoms with Crippen molar-refractivity contribution in [1.82, 2.24) is 5.32 Å². The maximum atomic E-state index is 12.3. The third kappa shape index (κ3) is 4.77. The largest absolute Gasteiger partial charge is 0.493 e. The van der Waals surface area contributed by atoms with Crippen LogP contribution in [0, 0.1) is 5.92 Å². The van der Waals surface area contributed by atoms with Crippen LogP contribution >= 0.6 is 12.4 Å². The van der Waals surface area contributed by atoms with Crippen LogP contribution < -0.4 is 20.5 Å². The average molecular weight is 355 g/mol. The predicted octanol–water partition coefficient (Wildman–Crippen LogP) is 2.91. The highest BCUT2D eigenvalue weighted by Gasteiger charge is 2.28. The number of carbonyl (C=O) groups is 1. The third-order valence-corrected chi connectivity index (χ3v) is 4.75. The molecule has 0 heterocycles. The Morgan fingerprint density at radius 2 is 1.96 bits per heavy atom. The molecule has 2 saturated carbocycles. The summed E-state index contributed by atoms with van der Waals surface area (Å²) in [6.07, 6.45) is 7.23. The lowest BCUT2D eigenvalue weighted by atomic mass is 10.1. The van der Waals surface area contributed by atoms with Crippen LogP contribution in [0.5, 0.6) is 11.5 Å². The minimum absolute atomic E-state index is 0. The van der Waals surface area contributed by atoms with Crippen molar-refractivity contribution in [2.45, 2.75) is 50.7 Å². The van der Waals surface area contributed by atoms with Crippen LogP contribution in [0.4, 0.5) is 0 Å². The normalized spacial score (nSPS) is 18.6. The number of halogens is 1. The molecule has 0 spiro atoms. The van der Waals surface area contributed by atoms with Gasteiger partial charge in [0.15, 0.2) is 11.5 Å². The van der Waals surface area contributed by atoms with Crippen molar-refractivity contribution >= 4 is 18.3 Å². The molecular formula is C18H27ClN2O3. The fraction of sp³-hybridized carbons (Fsp3) is 0.611. The summed E-state index contributed by atoms with van der Waals surface area (Å²) in [4.78, 5) is 12.3. The molecule has 6 heteroatoms. The van der Waals surface area contributed by atoms with E-state index < -0.39 is 0 Å². The number of rotatable bonds is 7. The maximum Gasteiger partial charge on any atom is 0.251 e. The highest BCUT2D eigenvalue weighted by Crippen LogP contribution is 2.33. The van der Waals surface area contributed by atoms with Crippen LogP contribution in [0.3, 0.4) is 0 Å². The van der Waals surface area contributed by atoms with Gasteiger partial charge < -0.3 is 20.5 Å². The maximum absolute atomic E-state index is 12.3. The zero-order valence-electron chi connectivity index (χ0n) is 14.1. The first-order valence-electron chi connectivity index (χ1n) is 8.56. The summed E-state index contributed by atoms with van der Waals surface area (Å²) in [5.41, 5.74) is 6.59. The zero-order valence-corrected chi connectivity index (χ0v) is 14.9. The van der Waals surface area contributed by atoms with Crippen LogP contribution in [0.2, 0.25) is 0 Å². The van der Waals surface area contributed by atoms with Gasteiger partial charge in [-0.2, -0.15) is 0 Å². The molecule has 5 nitrogen and oxygen atoms in total. The molecule has 3 rings (SSSR count). The molecule has 0 bridgehead atoms. The van der Waals surface area contributed by atoms with E-state index in [1.807, 2.05) is 6.07 Å². The third-order valence-electron chi connectivity index (χ3n) is 4.75. The summed E-state index contributed by atoms with van der Waals surface area (Å²) in [5.74, 6) is 1.78. The number of amides is 1. The van der Waals surface area contributed by atoms with Gasteiger partial charge in [0.05, 0.1) is 13.2 Å². The van der Waals surface area contributed by atoms with Crippen molar-refractivity contribution in [3.63, 3.8) is 0 Å². The number of hydrogen-bond acceptors (Lipinski definition) is 4. The van der Waals surface area contributed by atoms with E-state index in [1.54, 1.807) is 19.2 Å². The molecule has 2 fully saturated rings. The molecule has 0 aliphatic heterocycles. The Kier molecular flexibility index (Phi) is 6.75. The van der Waals surface area contributed by atoms with E-state index in [1.165, 1.54) is 25.7 Å². The van der Waals surface area contributed by atoms with E-state index in [-0.39, 0.29) is 30.5 Å². The molecule has 0 radical (unpaired) electrons. The van der Waals surface area contributed by atoms with Gasteiger partial charge in [0.25, 0.3) is 5.91 Å². The SMILES string of the molecule is COc1cc(C(=O)NCC(N)C2CC2)ccc1OC1CCCC1.Cl. The van der Waals surface area contributed by atoms with Gasteiger partial charge in [-0.1, -0.05) is 0 Å². The Morgan fingerprint density at radius 1 is 1.25 bits per heavy atom. The number of carbonyl (C=O) groups excluding carboxylic acids is 1. The monoisotopic (exact) mass is 354 g/mol. The van der Waals surface area contributed by atoms with Gasteiger partial charge in [-0.3, -0.25) is 4.79 Å². The summed E-state index contributed by atoms with van der Waals surface area (Å²) in [7, 11) is 1.60. The van der Waals surface area contributed by atoms with E-state index in [0.717, 1.165) is 12.8 Å². The van der Waals surface area contributed by atoms with Gasteiger partial charge in [-0.15, -0.1) is 12.4 Å². The van der Waals surface area contributed by atoms with E-state index in [4.69, 9.17) is 15.2 Å². The molecule has 2 aliphatic rings. The van der Waals surface area contributed by atoms with Gasteiger partial charge in [0, 0.05) is 18.2 Å². The summed E-state index contributed by atoms with van der Waals surface area (Å²) in [5, 5.41) is 2.90. The quantitative estimate of drug-likeness (QED) is 0.789. The number of benzene rings is 1. The molecule has 1 unspecified atom stereocenters. The van der Waals surface area contributed by atoms with Gasteiger partial charge >= 0.3 is 0 Å². The summed E-state index contributed by atoms with van der Waals surface area (Å²) < 4.78 is 11.4. The fourth-order valence-electron chi connectivity index (χ4n) is 3.10. The topological polar surface area (TPSA) is 73.6 Å². The van der Waals surface area contributed by atoms with Crippen molar-refractivity contribution in [3.05, 3.63) is 23.8 Å². The fourth-order valence-corrected chi connectivity index (χ4v) is 3.10. The first-order valence-corrected chi connectivity index (χ1v) is 8.56. The highest BCUT2D eigenvalue weighted by molar-refractivity contribution is 5.94. The van der Waals surface area contributed by atoms with Crippen LogP contribution in [0.1, 0.15) is 48.9 Å². The second-order valence-corrected chi connectivity index (χ2v) is 6.60. The van der Waals surface area contributed by atoms with Crippen LogP contribution in [0.25, 0.3) is 0 Å². The van der Waals surface area contributed by atoms with Crippen molar-refractivity contribution in [2.24, 2.45) is 11.7 Å². The van der Waals surface area contributed by atoms with Crippen LogP contribution in [0.15, 0.2) is 18.2 Å². The number of nitrogens with two attached hydrogens (primary N) is 1. The molecule has 1 aromatic carbocycles. The van der Waals surface area contributed by atoms with E-state index in [0.29, 0.717) is 29.5 Å². The van der Waals surface area contributed by atoms with Crippen molar-refractivity contribution in [3.8, 4) is 11.5 Å². The van der Waals surface area contributed by atoms with Gasteiger partial charge in [0.1, 0.15) is 0 Å². The van der Waals surface area contributed by atoms with Gasteiger partial charge in [0.2, 0.25) is 0 Å². The van der Waals surface area contributed by atoms with Crippen molar-refractivity contribution < 1.29 is 14.3 Å². The molecule has 24 heavy (non-hydrogen) atoms. The number of nitrogens with one attached hydrogen (secondary N) is 1. The van der Waals surface area contributed by atoms with Crippen LogP contribution in [-0.2, 0) is 0 Å². The van der Waals surface area contributed by atoms with Crippen molar-refractivity contribution in [1.29, 1.82) is 0 Å². The summed E-state index contributed by atoms with van der Waals surface area (Å²) in [6.45, 7) is 0.520. The standard InChI is InChI=1S/C18H26N2O3.ClH/c1-22-17-10-13(18(21)20-11-15(19)12-6-7-12)8-9-16(17)23-14-4-2-3-5-14;/h8-10,12,14-15H,2-7,11,19H2,1H3,(H,20,21);1H. The Bertz CT molecular complexity index is 557. The van der Waals surface area contributed by atoms with E-state index in [2.05, 4.69) is 5.32 Å². The van der Waals surface area contributed by atoms with E-state index in [9.17, 15) is 4.79 Å². The van der Waals surface area contributed by atoms with Crippen molar-refractivity contribution in [2.75, 3.05) is 13.7 Å². The lowest BCUT2D eigenvalue weighted by molar-refractivity contribution is 0.0950. The number of methoxy groups -OCH3 is 1. The van der Waals surface area contributed by atoms with E-state index >= 15 is 0 Å². The Morgan fingerprint density at radius 3 is 2.58 bits per heavy atom. The zero-order chi connectivity index (χ0) is 16.2. The summed E-state index contributed by atoms with van der Waals surface area (Å²) in [6, 6.07) is 5.41. The Balaban J connectivity index is 0.00000208. The highest BCUT2D eigenvalue weighted by atomic mass is 35.5. The smallest absolute Gasteiger partial charge is 0.251 e.